The molecule has 0 spiro atoms. The normalized spacial score (nSPS) is 16.0. The Labute approximate surface area is 239 Å². The fourth-order valence-electron chi connectivity index (χ4n) is 5.61. The second-order valence-electron chi connectivity index (χ2n) is 11.5. The van der Waals surface area contributed by atoms with E-state index >= 15 is 0 Å². The highest BCUT2D eigenvalue weighted by Crippen LogP contribution is 2.40. The van der Waals surface area contributed by atoms with Crippen LogP contribution < -0.4 is 4.74 Å². The number of carbonyl (C=O) groups excluding carboxylic acids is 2. The lowest BCUT2D eigenvalue weighted by atomic mass is 9.96. The molecule has 41 heavy (non-hydrogen) atoms. The number of benzene rings is 3. The van der Waals surface area contributed by atoms with Gasteiger partial charge in [-0.3, -0.25) is 4.79 Å². The first-order chi connectivity index (χ1) is 19.7. The van der Waals surface area contributed by atoms with Gasteiger partial charge in [0, 0.05) is 30.8 Å². The highest BCUT2D eigenvalue weighted by atomic mass is 16.6. The number of fused-ring (bicyclic) bond motifs is 2. The van der Waals surface area contributed by atoms with Crippen molar-refractivity contribution >= 4 is 28.6 Å². The van der Waals surface area contributed by atoms with Crippen molar-refractivity contribution in [3.63, 3.8) is 0 Å². The minimum absolute atomic E-state index is 0.0509. The van der Waals surface area contributed by atoms with E-state index in [9.17, 15) is 9.59 Å². The fourth-order valence-corrected chi connectivity index (χ4v) is 5.61. The number of H-pyrrole nitrogens is 1. The molecule has 3 heterocycles. The summed E-state index contributed by atoms with van der Waals surface area (Å²) < 4.78 is 11.2. The third-order valence-electron chi connectivity index (χ3n) is 7.59. The number of amides is 2. The van der Waals surface area contributed by atoms with Crippen LogP contribution in [0.2, 0.25) is 0 Å². The molecule has 1 aromatic heterocycles. The molecule has 0 aliphatic carbocycles. The number of rotatable bonds is 5. The molecule has 0 saturated heterocycles. The van der Waals surface area contributed by atoms with Crippen molar-refractivity contribution in [2.75, 3.05) is 20.2 Å². The van der Waals surface area contributed by atoms with E-state index < -0.39 is 11.6 Å². The van der Waals surface area contributed by atoms with Gasteiger partial charge in [-0.1, -0.05) is 48.5 Å². The molecule has 1 unspecified atom stereocenters. The largest absolute Gasteiger partial charge is 0.496 e. The van der Waals surface area contributed by atoms with E-state index in [0.717, 1.165) is 33.3 Å². The van der Waals surface area contributed by atoms with E-state index in [4.69, 9.17) is 14.5 Å². The summed E-state index contributed by atoms with van der Waals surface area (Å²) in [5.41, 5.74) is 5.88. The van der Waals surface area contributed by atoms with E-state index in [2.05, 4.69) is 17.1 Å². The second kappa shape index (κ2) is 10.4. The van der Waals surface area contributed by atoms with Crippen LogP contribution in [0.25, 0.3) is 16.6 Å². The van der Waals surface area contributed by atoms with E-state index in [0.29, 0.717) is 43.2 Å². The Morgan fingerprint density at radius 2 is 1.83 bits per heavy atom. The molecule has 8 nitrogen and oxygen atoms in total. The highest BCUT2D eigenvalue weighted by Gasteiger charge is 2.37. The van der Waals surface area contributed by atoms with Gasteiger partial charge in [0.2, 0.25) is 0 Å². The molecule has 1 N–H and O–H groups in total. The minimum atomic E-state index is -0.530. The van der Waals surface area contributed by atoms with Gasteiger partial charge in [-0.15, -0.1) is 0 Å². The van der Waals surface area contributed by atoms with Gasteiger partial charge in [0.1, 0.15) is 23.2 Å². The first-order valence-electron chi connectivity index (χ1n) is 13.9. The minimum Gasteiger partial charge on any atom is -0.496 e. The third kappa shape index (κ3) is 5.17. The van der Waals surface area contributed by atoms with Gasteiger partial charge in [0.05, 0.1) is 18.1 Å². The number of aromatic nitrogens is 2. The molecule has 6 rings (SSSR count). The summed E-state index contributed by atoms with van der Waals surface area (Å²) in [6.45, 7) is 7.11. The molecule has 0 saturated carbocycles. The smallest absolute Gasteiger partial charge is 0.410 e. The number of hydrogen-bond acceptors (Lipinski definition) is 5. The van der Waals surface area contributed by atoms with Gasteiger partial charge in [-0.25, -0.2) is 9.78 Å². The summed E-state index contributed by atoms with van der Waals surface area (Å²) in [6.07, 6.45) is 2.44. The first kappa shape index (κ1) is 26.6. The van der Waals surface area contributed by atoms with Crippen molar-refractivity contribution in [1.82, 2.24) is 19.8 Å². The Kier molecular flexibility index (Phi) is 6.77. The predicted molar refractivity (Wildman–Crippen MR) is 158 cm³/mol. The molecule has 0 bridgehead atoms. The van der Waals surface area contributed by atoms with Crippen LogP contribution in [0.4, 0.5) is 4.79 Å². The van der Waals surface area contributed by atoms with Gasteiger partial charge in [0.15, 0.2) is 0 Å². The van der Waals surface area contributed by atoms with Crippen molar-refractivity contribution in [2.45, 2.75) is 45.4 Å². The molecule has 1 atom stereocenters. The Morgan fingerprint density at radius 3 is 2.56 bits per heavy atom. The molecule has 3 aromatic carbocycles. The zero-order valence-corrected chi connectivity index (χ0v) is 23.8. The summed E-state index contributed by atoms with van der Waals surface area (Å²) >= 11 is 0. The maximum Gasteiger partial charge on any atom is 0.410 e. The van der Waals surface area contributed by atoms with Crippen LogP contribution in [0, 0.1) is 0 Å². The molecular formula is C33H34N4O4. The average molecular weight is 551 g/mol. The molecule has 2 aliphatic rings. The molecule has 2 aliphatic heterocycles. The van der Waals surface area contributed by atoms with Crippen molar-refractivity contribution in [3.05, 3.63) is 101 Å². The Hall–Kier alpha value is -4.59. The quantitative estimate of drug-likeness (QED) is 0.313. The number of hydrogen-bond donors (Lipinski definition) is 1. The first-order valence-corrected chi connectivity index (χ1v) is 13.9. The molecule has 210 valence electrons. The number of aromatic amines is 1. The third-order valence-corrected chi connectivity index (χ3v) is 7.59. The van der Waals surface area contributed by atoms with Crippen molar-refractivity contribution in [3.8, 4) is 5.75 Å². The molecule has 8 heteroatoms. The highest BCUT2D eigenvalue weighted by molar-refractivity contribution is 5.99. The van der Waals surface area contributed by atoms with Gasteiger partial charge >= 0.3 is 6.09 Å². The molecular weight excluding hydrogens is 516 g/mol. The van der Waals surface area contributed by atoms with E-state index in [-0.39, 0.29) is 12.0 Å². The van der Waals surface area contributed by atoms with Crippen LogP contribution in [-0.4, -0.2) is 57.6 Å². The van der Waals surface area contributed by atoms with Crippen LogP contribution in [-0.2, 0) is 11.3 Å². The summed E-state index contributed by atoms with van der Waals surface area (Å²) in [6, 6.07) is 21.3. The number of para-hydroxylation sites is 3. The topological polar surface area (TPSA) is 87.8 Å². The van der Waals surface area contributed by atoms with Crippen LogP contribution in [0.3, 0.4) is 0 Å². The van der Waals surface area contributed by atoms with Gasteiger partial charge in [0.25, 0.3) is 5.91 Å². The maximum absolute atomic E-state index is 14.1. The lowest BCUT2D eigenvalue weighted by molar-refractivity contribution is 0.0270. The number of carbonyl (C=O) groups is 2. The lowest BCUT2D eigenvalue weighted by Gasteiger charge is -2.29. The van der Waals surface area contributed by atoms with Gasteiger partial charge < -0.3 is 24.3 Å². The molecule has 0 fully saturated rings. The Bertz CT molecular complexity index is 1630. The van der Waals surface area contributed by atoms with E-state index in [1.807, 2.05) is 86.3 Å². The SMILES string of the molecule is COc1ccccc1C(c1nc2ccccc2[nH]1)N1Cc2ccc(C3=CCN(C(=O)OC(C)(C)C)CC3)cc2C1=O. The van der Waals surface area contributed by atoms with Crippen molar-refractivity contribution in [2.24, 2.45) is 0 Å². The second-order valence-corrected chi connectivity index (χ2v) is 11.5. The van der Waals surface area contributed by atoms with Crippen molar-refractivity contribution in [1.29, 1.82) is 0 Å². The summed E-state index contributed by atoms with van der Waals surface area (Å²) in [4.78, 5) is 38.5. The van der Waals surface area contributed by atoms with Gasteiger partial charge in [-0.2, -0.15) is 0 Å². The molecule has 4 aromatic rings. The number of imidazole rings is 1. The zero-order chi connectivity index (χ0) is 28.7. The van der Waals surface area contributed by atoms with Crippen LogP contribution in [0.5, 0.6) is 5.75 Å². The lowest BCUT2D eigenvalue weighted by Crippen LogP contribution is -2.39. The fraction of sp³-hybridized carbons (Fsp3) is 0.303. The predicted octanol–water partition coefficient (Wildman–Crippen LogP) is 6.34. The van der Waals surface area contributed by atoms with Crippen LogP contribution >= 0.6 is 0 Å². The maximum atomic E-state index is 14.1. The van der Waals surface area contributed by atoms with Crippen molar-refractivity contribution < 1.29 is 19.1 Å². The zero-order valence-electron chi connectivity index (χ0n) is 23.8. The molecule has 0 radical (unpaired) electrons. The monoisotopic (exact) mass is 550 g/mol. The van der Waals surface area contributed by atoms with E-state index in [1.54, 1.807) is 12.0 Å². The summed E-state index contributed by atoms with van der Waals surface area (Å²) in [5, 5.41) is 0. The standard InChI is InChI=1S/C33H34N4O4/c1-33(2,3)41-32(39)36-17-15-21(16-18-36)22-13-14-23-20-37(31(38)25(23)19-22)29(24-9-5-8-12-28(24)40-4)30-34-26-10-6-7-11-27(26)35-30/h5-15,19,29H,16-18,20H2,1-4H3,(H,34,35). The number of ether oxygens (including phenoxy) is 2. The van der Waals surface area contributed by atoms with Crippen LogP contribution in [0.1, 0.15) is 66.1 Å². The Morgan fingerprint density at radius 1 is 1.05 bits per heavy atom. The summed E-state index contributed by atoms with van der Waals surface area (Å²) in [5.74, 6) is 1.34. The number of nitrogens with one attached hydrogen (secondary N) is 1. The van der Waals surface area contributed by atoms with Gasteiger partial charge in [-0.05, 0) is 68.2 Å². The number of methoxy groups -OCH3 is 1. The Balaban J connectivity index is 1.30. The summed E-state index contributed by atoms with van der Waals surface area (Å²) in [7, 11) is 1.64. The van der Waals surface area contributed by atoms with E-state index in [1.165, 1.54) is 0 Å². The van der Waals surface area contributed by atoms with Crippen LogP contribution in [0.15, 0.2) is 72.8 Å². The number of nitrogens with zero attached hydrogens (tertiary/aromatic N) is 3. The average Bonchev–Trinajstić information content (AvgIpc) is 3.53. The molecule has 2 amide bonds.